The SMILES string of the molecule is O=C1/C(=C/C2CCCCC2)Cc2ccccc21. The molecule has 0 aliphatic heterocycles. The summed E-state index contributed by atoms with van der Waals surface area (Å²) in [6.45, 7) is 0. The van der Waals surface area contributed by atoms with Gasteiger partial charge in [-0.1, -0.05) is 49.6 Å². The average Bonchev–Trinajstić information content (AvgIpc) is 2.68. The number of carbonyl (C=O) groups is 1. The van der Waals surface area contributed by atoms with Crippen LogP contribution in [0.4, 0.5) is 0 Å². The highest BCUT2D eigenvalue weighted by molar-refractivity contribution is 6.13. The number of Topliss-reactive ketones (excluding diaryl/α,β-unsaturated/α-hetero) is 1. The van der Waals surface area contributed by atoms with Gasteiger partial charge >= 0.3 is 0 Å². The van der Waals surface area contributed by atoms with Crippen molar-refractivity contribution in [2.75, 3.05) is 0 Å². The van der Waals surface area contributed by atoms with Gasteiger partial charge in [0.1, 0.15) is 0 Å². The van der Waals surface area contributed by atoms with Gasteiger partial charge in [0.2, 0.25) is 0 Å². The van der Waals surface area contributed by atoms with Crippen LogP contribution < -0.4 is 0 Å². The largest absolute Gasteiger partial charge is 0.289 e. The molecule has 0 amide bonds. The molecular formula is C16H18O. The molecule has 2 aliphatic carbocycles. The smallest absolute Gasteiger partial charge is 0.189 e. The summed E-state index contributed by atoms with van der Waals surface area (Å²) < 4.78 is 0. The number of benzene rings is 1. The van der Waals surface area contributed by atoms with Gasteiger partial charge in [-0.2, -0.15) is 0 Å². The van der Waals surface area contributed by atoms with Gasteiger partial charge in [0.25, 0.3) is 0 Å². The molecule has 1 fully saturated rings. The molecule has 2 aliphatic rings. The third-order valence-corrected chi connectivity index (χ3v) is 4.02. The fourth-order valence-corrected chi connectivity index (χ4v) is 3.07. The van der Waals surface area contributed by atoms with E-state index in [0.717, 1.165) is 17.6 Å². The molecule has 17 heavy (non-hydrogen) atoms. The number of carbonyl (C=O) groups excluding carboxylic acids is 1. The lowest BCUT2D eigenvalue weighted by Gasteiger charge is -2.18. The highest BCUT2D eigenvalue weighted by atomic mass is 16.1. The molecule has 3 rings (SSSR count). The van der Waals surface area contributed by atoms with E-state index >= 15 is 0 Å². The van der Waals surface area contributed by atoms with Gasteiger partial charge in [0, 0.05) is 17.6 Å². The van der Waals surface area contributed by atoms with E-state index in [1.807, 2.05) is 18.2 Å². The second kappa shape index (κ2) is 4.48. The molecule has 0 aromatic heterocycles. The van der Waals surface area contributed by atoms with E-state index in [9.17, 15) is 4.79 Å². The normalized spacial score (nSPS) is 23.1. The van der Waals surface area contributed by atoms with Crippen molar-refractivity contribution in [1.29, 1.82) is 0 Å². The van der Waals surface area contributed by atoms with Crippen LogP contribution in [-0.2, 0) is 6.42 Å². The number of ketones is 1. The monoisotopic (exact) mass is 226 g/mol. The van der Waals surface area contributed by atoms with E-state index in [2.05, 4.69) is 12.1 Å². The first-order valence-electron chi connectivity index (χ1n) is 6.68. The fraction of sp³-hybridized carbons (Fsp3) is 0.438. The molecule has 1 saturated carbocycles. The van der Waals surface area contributed by atoms with Crippen molar-refractivity contribution in [3.05, 3.63) is 47.0 Å². The Morgan fingerprint density at radius 1 is 1.06 bits per heavy atom. The Morgan fingerprint density at radius 2 is 1.82 bits per heavy atom. The standard InChI is InChI=1S/C16H18O/c17-16-14(10-12-6-2-1-3-7-12)11-13-8-4-5-9-15(13)16/h4-5,8-10,12H,1-3,6-7,11H2/b14-10+. The molecule has 0 atom stereocenters. The lowest BCUT2D eigenvalue weighted by Crippen LogP contribution is -2.06. The summed E-state index contributed by atoms with van der Waals surface area (Å²) in [4.78, 5) is 12.2. The Hall–Kier alpha value is -1.37. The van der Waals surface area contributed by atoms with Crippen molar-refractivity contribution in [3.63, 3.8) is 0 Å². The summed E-state index contributed by atoms with van der Waals surface area (Å²) in [6, 6.07) is 8.02. The van der Waals surface area contributed by atoms with Crippen LogP contribution in [0.25, 0.3) is 0 Å². The molecule has 1 nitrogen and oxygen atoms in total. The van der Waals surface area contributed by atoms with Crippen molar-refractivity contribution >= 4 is 5.78 Å². The van der Waals surface area contributed by atoms with Gasteiger partial charge < -0.3 is 0 Å². The molecule has 0 saturated heterocycles. The summed E-state index contributed by atoms with van der Waals surface area (Å²) in [5.74, 6) is 0.920. The van der Waals surface area contributed by atoms with E-state index in [4.69, 9.17) is 0 Å². The first kappa shape index (κ1) is 10.8. The second-order valence-corrected chi connectivity index (χ2v) is 5.25. The summed E-state index contributed by atoms with van der Waals surface area (Å²) in [6.07, 6.45) is 9.69. The van der Waals surface area contributed by atoms with Gasteiger partial charge in [-0.3, -0.25) is 4.79 Å². The van der Waals surface area contributed by atoms with Crippen LogP contribution in [0.15, 0.2) is 35.9 Å². The van der Waals surface area contributed by atoms with Gasteiger partial charge in [-0.15, -0.1) is 0 Å². The average molecular weight is 226 g/mol. The zero-order chi connectivity index (χ0) is 11.7. The molecule has 0 N–H and O–H groups in total. The Labute approximate surface area is 103 Å². The highest BCUT2D eigenvalue weighted by Crippen LogP contribution is 2.31. The summed E-state index contributed by atoms with van der Waals surface area (Å²) >= 11 is 0. The quantitative estimate of drug-likeness (QED) is 0.663. The first-order valence-corrected chi connectivity index (χ1v) is 6.68. The summed E-state index contributed by atoms with van der Waals surface area (Å²) in [7, 11) is 0. The van der Waals surface area contributed by atoms with E-state index in [0.29, 0.717) is 5.92 Å². The van der Waals surface area contributed by atoms with Gasteiger partial charge in [0.15, 0.2) is 5.78 Å². The number of fused-ring (bicyclic) bond motifs is 1. The minimum absolute atomic E-state index is 0.270. The third kappa shape index (κ3) is 2.06. The highest BCUT2D eigenvalue weighted by Gasteiger charge is 2.25. The molecule has 1 aromatic carbocycles. The van der Waals surface area contributed by atoms with Crippen LogP contribution in [0, 0.1) is 5.92 Å². The van der Waals surface area contributed by atoms with E-state index in [1.165, 1.54) is 37.7 Å². The van der Waals surface area contributed by atoms with E-state index in [-0.39, 0.29) is 5.78 Å². The Bertz CT molecular complexity index is 464. The summed E-state index contributed by atoms with van der Waals surface area (Å²) in [5, 5.41) is 0. The van der Waals surface area contributed by atoms with Crippen molar-refractivity contribution in [3.8, 4) is 0 Å². The lowest BCUT2D eigenvalue weighted by molar-refractivity contribution is 0.103. The van der Waals surface area contributed by atoms with E-state index in [1.54, 1.807) is 0 Å². The number of hydrogen-bond donors (Lipinski definition) is 0. The Morgan fingerprint density at radius 3 is 2.59 bits per heavy atom. The molecule has 88 valence electrons. The molecule has 0 bridgehead atoms. The number of allylic oxidation sites excluding steroid dienone is 2. The fourth-order valence-electron chi connectivity index (χ4n) is 3.07. The number of rotatable bonds is 1. The Kier molecular flexibility index (Phi) is 2.84. The molecule has 0 unspecified atom stereocenters. The van der Waals surface area contributed by atoms with Crippen LogP contribution in [-0.4, -0.2) is 5.78 Å². The predicted octanol–water partition coefficient (Wildman–Crippen LogP) is 3.93. The topological polar surface area (TPSA) is 17.1 Å². The molecular weight excluding hydrogens is 208 g/mol. The molecule has 0 spiro atoms. The van der Waals surface area contributed by atoms with Crippen molar-refractivity contribution in [2.24, 2.45) is 5.92 Å². The maximum absolute atomic E-state index is 12.2. The van der Waals surface area contributed by atoms with Gasteiger partial charge in [-0.05, 0) is 24.3 Å². The zero-order valence-electron chi connectivity index (χ0n) is 10.1. The predicted molar refractivity (Wildman–Crippen MR) is 69.1 cm³/mol. The zero-order valence-corrected chi connectivity index (χ0v) is 10.1. The van der Waals surface area contributed by atoms with Crippen LogP contribution in [0.2, 0.25) is 0 Å². The second-order valence-electron chi connectivity index (χ2n) is 5.25. The Balaban J connectivity index is 1.83. The molecule has 0 heterocycles. The minimum Gasteiger partial charge on any atom is -0.289 e. The maximum atomic E-state index is 12.2. The number of hydrogen-bond acceptors (Lipinski definition) is 1. The van der Waals surface area contributed by atoms with Crippen molar-refractivity contribution in [2.45, 2.75) is 38.5 Å². The van der Waals surface area contributed by atoms with E-state index < -0.39 is 0 Å². The van der Waals surface area contributed by atoms with Crippen molar-refractivity contribution < 1.29 is 4.79 Å². The molecule has 0 radical (unpaired) electrons. The first-order chi connectivity index (χ1) is 8.34. The van der Waals surface area contributed by atoms with Gasteiger partial charge in [0.05, 0.1) is 0 Å². The summed E-state index contributed by atoms with van der Waals surface area (Å²) in [5.41, 5.74) is 3.17. The molecule has 1 aromatic rings. The molecule has 1 heteroatoms. The van der Waals surface area contributed by atoms with Crippen molar-refractivity contribution in [1.82, 2.24) is 0 Å². The minimum atomic E-state index is 0.270. The lowest BCUT2D eigenvalue weighted by atomic mass is 9.87. The van der Waals surface area contributed by atoms with Crippen LogP contribution >= 0.6 is 0 Å². The third-order valence-electron chi connectivity index (χ3n) is 4.02. The van der Waals surface area contributed by atoms with Crippen LogP contribution in [0.3, 0.4) is 0 Å². The maximum Gasteiger partial charge on any atom is 0.189 e. The van der Waals surface area contributed by atoms with Gasteiger partial charge in [-0.25, -0.2) is 0 Å². The van der Waals surface area contributed by atoms with Crippen LogP contribution in [0.5, 0.6) is 0 Å². The van der Waals surface area contributed by atoms with Crippen LogP contribution in [0.1, 0.15) is 48.0 Å².